The summed E-state index contributed by atoms with van der Waals surface area (Å²) in [6.07, 6.45) is 3.78. The van der Waals surface area contributed by atoms with E-state index in [2.05, 4.69) is 10.6 Å². The molecule has 1 saturated carbocycles. The molecule has 11 heteroatoms. The van der Waals surface area contributed by atoms with E-state index >= 15 is 0 Å². The van der Waals surface area contributed by atoms with Gasteiger partial charge < -0.3 is 24.5 Å². The van der Waals surface area contributed by atoms with E-state index < -0.39 is 36.2 Å². The molecule has 0 bridgehead atoms. The molecule has 2 amide bonds. The molecule has 38 heavy (non-hydrogen) atoms. The second-order valence-corrected chi connectivity index (χ2v) is 9.20. The minimum Gasteiger partial charge on any atom is -0.497 e. The molecule has 0 aliphatic heterocycles. The van der Waals surface area contributed by atoms with Gasteiger partial charge in [0, 0.05) is 17.5 Å². The fourth-order valence-corrected chi connectivity index (χ4v) is 4.90. The standard InChI is InChI=1S/C27H28N4O7/c1-36-17-11-12-19(21(13-17)37-2)29-23(33)14-30-24-18-9-5-6-10-20(18)38-25(24)26(34)31(27(30)35)15-22(32)28-16-7-3-4-8-16/h5-6,9-13,16H,3-4,7-8,14-15H2,1-2H3,(H,28,32)(H,29,33). The molecule has 2 aromatic carbocycles. The van der Waals surface area contributed by atoms with Crippen LogP contribution in [-0.4, -0.2) is 41.2 Å². The second kappa shape index (κ2) is 10.4. The van der Waals surface area contributed by atoms with Crippen LogP contribution in [0.25, 0.3) is 22.1 Å². The number of carbonyl (C=O) groups excluding carboxylic acids is 2. The predicted octanol–water partition coefficient (Wildman–Crippen LogP) is 2.62. The number of aromatic nitrogens is 2. The summed E-state index contributed by atoms with van der Waals surface area (Å²) in [4.78, 5) is 52.8. The highest BCUT2D eigenvalue weighted by atomic mass is 16.5. The van der Waals surface area contributed by atoms with Crippen LogP contribution in [0, 0.1) is 0 Å². The molecular weight excluding hydrogens is 492 g/mol. The van der Waals surface area contributed by atoms with Gasteiger partial charge in [0.15, 0.2) is 0 Å². The summed E-state index contributed by atoms with van der Waals surface area (Å²) in [6.45, 7) is -0.909. The Morgan fingerprint density at radius 3 is 2.45 bits per heavy atom. The Labute approximate surface area is 216 Å². The second-order valence-electron chi connectivity index (χ2n) is 9.20. The fraction of sp³-hybridized carbons (Fsp3) is 0.333. The summed E-state index contributed by atoms with van der Waals surface area (Å²) in [6, 6.07) is 11.8. The van der Waals surface area contributed by atoms with Gasteiger partial charge in [-0.15, -0.1) is 0 Å². The highest BCUT2D eigenvalue weighted by molar-refractivity contribution is 6.03. The van der Waals surface area contributed by atoms with Crippen LogP contribution in [0.1, 0.15) is 25.7 Å². The molecular formula is C27H28N4O7. The van der Waals surface area contributed by atoms with Crippen LogP contribution in [0.15, 0.2) is 56.5 Å². The van der Waals surface area contributed by atoms with Crippen molar-refractivity contribution in [2.45, 2.75) is 44.8 Å². The third kappa shape index (κ3) is 4.74. The Hall–Kier alpha value is -4.54. The number of methoxy groups -OCH3 is 2. The van der Waals surface area contributed by atoms with Crippen molar-refractivity contribution < 1.29 is 23.5 Å². The molecule has 0 saturated heterocycles. The van der Waals surface area contributed by atoms with Gasteiger partial charge in [-0.2, -0.15) is 0 Å². The monoisotopic (exact) mass is 520 g/mol. The number of amides is 2. The number of nitrogens with one attached hydrogen (secondary N) is 2. The van der Waals surface area contributed by atoms with Crippen LogP contribution in [0.2, 0.25) is 0 Å². The normalized spacial score (nSPS) is 13.6. The Balaban J connectivity index is 1.54. The lowest BCUT2D eigenvalue weighted by atomic mass is 10.2. The maximum absolute atomic E-state index is 13.6. The van der Waals surface area contributed by atoms with Crippen LogP contribution < -0.4 is 31.4 Å². The van der Waals surface area contributed by atoms with Gasteiger partial charge in [-0.3, -0.25) is 19.0 Å². The SMILES string of the molecule is COc1ccc(NC(=O)Cn2c(=O)n(CC(=O)NC3CCCC3)c(=O)c3oc4ccccc4c32)c(OC)c1. The molecule has 4 aromatic rings. The van der Waals surface area contributed by atoms with Crippen molar-refractivity contribution >= 4 is 39.6 Å². The van der Waals surface area contributed by atoms with E-state index in [0.29, 0.717) is 28.2 Å². The summed E-state index contributed by atoms with van der Waals surface area (Å²) in [5, 5.41) is 6.14. The van der Waals surface area contributed by atoms with Gasteiger partial charge in [0.1, 0.15) is 35.7 Å². The minimum absolute atomic E-state index is 0.0283. The fourth-order valence-electron chi connectivity index (χ4n) is 4.90. The van der Waals surface area contributed by atoms with Gasteiger partial charge in [0.25, 0.3) is 5.56 Å². The van der Waals surface area contributed by atoms with Crippen molar-refractivity contribution in [2.75, 3.05) is 19.5 Å². The molecule has 5 rings (SSSR count). The lowest BCUT2D eigenvalue weighted by molar-refractivity contribution is -0.122. The number of fused-ring (bicyclic) bond motifs is 3. The molecule has 0 spiro atoms. The highest BCUT2D eigenvalue weighted by Crippen LogP contribution is 2.29. The molecule has 1 aliphatic carbocycles. The molecule has 198 valence electrons. The van der Waals surface area contributed by atoms with Crippen molar-refractivity contribution in [3.05, 3.63) is 63.3 Å². The minimum atomic E-state index is -0.785. The van der Waals surface area contributed by atoms with Crippen molar-refractivity contribution in [3.63, 3.8) is 0 Å². The molecule has 0 unspecified atom stereocenters. The number of anilines is 1. The number of carbonyl (C=O) groups is 2. The van der Waals surface area contributed by atoms with Crippen molar-refractivity contribution in [1.29, 1.82) is 0 Å². The zero-order valence-electron chi connectivity index (χ0n) is 21.1. The molecule has 0 atom stereocenters. The summed E-state index contributed by atoms with van der Waals surface area (Å²) >= 11 is 0. The van der Waals surface area contributed by atoms with Gasteiger partial charge in [-0.1, -0.05) is 25.0 Å². The number of nitrogens with zero attached hydrogens (tertiary/aromatic N) is 2. The number of hydrogen-bond acceptors (Lipinski definition) is 7. The van der Waals surface area contributed by atoms with E-state index in [1.165, 1.54) is 14.2 Å². The zero-order chi connectivity index (χ0) is 26.8. The maximum atomic E-state index is 13.6. The lowest BCUT2D eigenvalue weighted by Crippen LogP contribution is -2.46. The summed E-state index contributed by atoms with van der Waals surface area (Å²) in [5.41, 5.74) is -0.653. The number of ether oxygens (including phenoxy) is 2. The van der Waals surface area contributed by atoms with Gasteiger partial charge >= 0.3 is 5.69 Å². The third-order valence-corrected chi connectivity index (χ3v) is 6.75. The Bertz CT molecular complexity index is 1640. The van der Waals surface area contributed by atoms with Gasteiger partial charge in [-0.05, 0) is 37.1 Å². The molecule has 2 heterocycles. The first-order valence-electron chi connectivity index (χ1n) is 12.4. The lowest BCUT2D eigenvalue weighted by Gasteiger charge is -2.15. The van der Waals surface area contributed by atoms with E-state index in [0.717, 1.165) is 34.8 Å². The molecule has 2 N–H and O–H groups in total. The van der Waals surface area contributed by atoms with E-state index in [4.69, 9.17) is 13.9 Å². The average molecular weight is 521 g/mol. The zero-order valence-corrected chi connectivity index (χ0v) is 21.1. The van der Waals surface area contributed by atoms with Crippen molar-refractivity contribution in [3.8, 4) is 11.5 Å². The predicted molar refractivity (Wildman–Crippen MR) is 141 cm³/mol. The van der Waals surface area contributed by atoms with E-state index in [1.54, 1.807) is 42.5 Å². The van der Waals surface area contributed by atoms with Gasteiger partial charge in [0.05, 0.1) is 19.9 Å². The van der Waals surface area contributed by atoms with E-state index in [1.807, 2.05) is 0 Å². The summed E-state index contributed by atoms with van der Waals surface area (Å²) < 4.78 is 18.3. The highest BCUT2D eigenvalue weighted by Gasteiger charge is 2.24. The summed E-state index contributed by atoms with van der Waals surface area (Å²) in [7, 11) is 2.98. The van der Waals surface area contributed by atoms with Crippen molar-refractivity contribution in [2.24, 2.45) is 0 Å². The quantitative estimate of drug-likeness (QED) is 0.365. The van der Waals surface area contributed by atoms with E-state index in [-0.39, 0.29) is 17.1 Å². The van der Waals surface area contributed by atoms with Crippen LogP contribution in [0.3, 0.4) is 0 Å². The number of hydrogen-bond donors (Lipinski definition) is 2. The maximum Gasteiger partial charge on any atom is 0.332 e. The van der Waals surface area contributed by atoms with Crippen molar-refractivity contribution in [1.82, 2.24) is 14.5 Å². The third-order valence-electron chi connectivity index (χ3n) is 6.75. The first-order valence-corrected chi connectivity index (χ1v) is 12.4. The molecule has 11 nitrogen and oxygen atoms in total. The number of rotatable bonds is 8. The number of para-hydroxylation sites is 1. The molecule has 2 aromatic heterocycles. The van der Waals surface area contributed by atoms with Crippen LogP contribution >= 0.6 is 0 Å². The average Bonchev–Trinajstić information content (AvgIpc) is 3.57. The molecule has 1 aliphatic rings. The molecule has 1 fully saturated rings. The van der Waals surface area contributed by atoms with Crippen LogP contribution in [0.5, 0.6) is 11.5 Å². The first kappa shape index (κ1) is 25.1. The Kier molecular flexibility index (Phi) is 6.91. The van der Waals surface area contributed by atoms with Gasteiger partial charge in [0.2, 0.25) is 17.4 Å². The smallest absolute Gasteiger partial charge is 0.332 e. The first-order chi connectivity index (χ1) is 18.4. The van der Waals surface area contributed by atoms with Crippen LogP contribution in [-0.2, 0) is 22.7 Å². The largest absolute Gasteiger partial charge is 0.497 e. The Morgan fingerprint density at radius 2 is 1.71 bits per heavy atom. The van der Waals surface area contributed by atoms with Gasteiger partial charge in [-0.25, -0.2) is 9.36 Å². The Morgan fingerprint density at radius 1 is 0.974 bits per heavy atom. The number of furan rings is 1. The van der Waals surface area contributed by atoms with Crippen LogP contribution in [0.4, 0.5) is 5.69 Å². The number of benzene rings is 2. The topological polar surface area (TPSA) is 134 Å². The van der Waals surface area contributed by atoms with E-state index in [9.17, 15) is 19.2 Å². The molecule has 0 radical (unpaired) electrons. The summed E-state index contributed by atoms with van der Waals surface area (Å²) in [5.74, 6) is -0.0589.